The molecule has 0 aliphatic carbocycles. The second-order valence-electron chi connectivity index (χ2n) is 2.29. The standard InChI is InChI=1S/C7H8N2O3S/c1-2-8-7(10)5-3-6(9(11)12)13-4-5/h3-4H,2H2,1H3,(H,8,10). The number of carbonyl (C=O) groups is 1. The highest BCUT2D eigenvalue weighted by molar-refractivity contribution is 7.13. The summed E-state index contributed by atoms with van der Waals surface area (Å²) in [4.78, 5) is 20.9. The van der Waals surface area contributed by atoms with Crippen LogP contribution in [0.5, 0.6) is 0 Å². The van der Waals surface area contributed by atoms with E-state index < -0.39 is 4.92 Å². The predicted molar refractivity (Wildman–Crippen MR) is 49.0 cm³/mol. The van der Waals surface area contributed by atoms with Crippen LogP contribution in [0, 0.1) is 10.1 Å². The maximum Gasteiger partial charge on any atom is 0.324 e. The minimum Gasteiger partial charge on any atom is -0.352 e. The molecule has 1 aromatic rings. The predicted octanol–water partition coefficient (Wildman–Crippen LogP) is 1.41. The average Bonchev–Trinajstić information content (AvgIpc) is 2.52. The van der Waals surface area contributed by atoms with Gasteiger partial charge in [-0.15, -0.1) is 0 Å². The summed E-state index contributed by atoms with van der Waals surface area (Å²) in [6.07, 6.45) is 0. The van der Waals surface area contributed by atoms with Crippen molar-refractivity contribution in [2.45, 2.75) is 6.92 Å². The lowest BCUT2D eigenvalue weighted by molar-refractivity contribution is -0.380. The average molecular weight is 200 g/mol. The highest BCUT2D eigenvalue weighted by Crippen LogP contribution is 2.22. The van der Waals surface area contributed by atoms with E-state index in [0.717, 1.165) is 11.3 Å². The Balaban J connectivity index is 2.79. The molecule has 5 nitrogen and oxygen atoms in total. The van der Waals surface area contributed by atoms with Crippen molar-refractivity contribution in [1.82, 2.24) is 5.32 Å². The molecule has 0 bridgehead atoms. The van der Waals surface area contributed by atoms with Crippen molar-refractivity contribution in [3.63, 3.8) is 0 Å². The Bertz CT molecular complexity index is 334. The van der Waals surface area contributed by atoms with Gasteiger partial charge in [0.25, 0.3) is 5.91 Å². The third kappa shape index (κ3) is 2.25. The molecule has 1 N–H and O–H groups in total. The van der Waals surface area contributed by atoms with Crippen molar-refractivity contribution in [2.75, 3.05) is 6.54 Å². The molecule has 0 spiro atoms. The highest BCUT2D eigenvalue weighted by atomic mass is 32.1. The molecule has 0 atom stereocenters. The topological polar surface area (TPSA) is 72.2 Å². The minimum absolute atomic E-state index is 0.0127. The molecule has 70 valence electrons. The van der Waals surface area contributed by atoms with Crippen LogP contribution in [0.15, 0.2) is 11.4 Å². The van der Waals surface area contributed by atoms with Crippen LogP contribution >= 0.6 is 11.3 Å². The van der Waals surface area contributed by atoms with Gasteiger partial charge in [-0.25, -0.2) is 0 Å². The van der Waals surface area contributed by atoms with Gasteiger partial charge < -0.3 is 5.32 Å². The Morgan fingerprint density at radius 3 is 2.92 bits per heavy atom. The zero-order valence-corrected chi connectivity index (χ0v) is 7.76. The number of nitrogens with one attached hydrogen (secondary N) is 1. The summed E-state index contributed by atoms with van der Waals surface area (Å²) in [5.41, 5.74) is 0.346. The number of hydrogen-bond donors (Lipinski definition) is 1. The van der Waals surface area contributed by atoms with E-state index in [1.165, 1.54) is 11.4 Å². The Hall–Kier alpha value is -1.43. The monoisotopic (exact) mass is 200 g/mol. The second kappa shape index (κ2) is 3.99. The number of amides is 1. The van der Waals surface area contributed by atoms with Crippen molar-refractivity contribution >= 4 is 22.2 Å². The first kappa shape index (κ1) is 9.66. The number of nitrogens with zero attached hydrogens (tertiary/aromatic N) is 1. The van der Waals surface area contributed by atoms with Gasteiger partial charge in [0.2, 0.25) is 0 Å². The third-order valence-corrected chi connectivity index (χ3v) is 2.25. The van der Waals surface area contributed by atoms with Crippen LogP contribution in [0.1, 0.15) is 17.3 Å². The first-order valence-electron chi connectivity index (χ1n) is 3.66. The van der Waals surface area contributed by atoms with Gasteiger partial charge in [-0.3, -0.25) is 14.9 Å². The molecule has 1 rings (SSSR count). The molecule has 0 saturated heterocycles. The molecule has 13 heavy (non-hydrogen) atoms. The summed E-state index contributed by atoms with van der Waals surface area (Å²) in [5.74, 6) is -0.271. The van der Waals surface area contributed by atoms with Crippen molar-refractivity contribution in [3.05, 3.63) is 27.1 Å². The van der Waals surface area contributed by atoms with E-state index in [9.17, 15) is 14.9 Å². The third-order valence-electron chi connectivity index (χ3n) is 1.37. The smallest absolute Gasteiger partial charge is 0.324 e. The SMILES string of the molecule is CCNC(=O)c1csc([N+](=O)[O-])c1. The molecule has 1 heterocycles. The molecule has 6 heteroatoms. The van der Waals surface area contributed by atoms with Crippen LogP contribution in [0.2, 0.25) is 0 Å². The maximum absolute atomic E-state index is 11.2. The molecule has 0 fully saturated rings. The number of nitro groups is 1. The van der Waals surface area contributed by atoms with E-state index in [-0.39, 0.29) is 10.9 Å². The normalized spacial score (nSPS) is 9.62. The van der Waals surface area contributed by atoms with E-state index in [1.807, 2.05) is 0 Å². The summed E-state index contributed by atoms with van der Waals surface area (Å²) in [6, 6.07) is 1.27. The van der Waals surface area contributed by atoms with Crippen LogP contribution in [0.4, 0.5) is 5.00 Å². The first-order valence-corrected chi connectivity index (χ1v) is 4.54. The fourth-order valence-corrected chi connectivity index (χ4v) is 1.51. The van der Waals surface area contributed by atoms with Crippen LogP contribution in [-0.2, 0) is 0 Å². The van der Waals surface area contributed by atoms with Gasteiger partial charge in [-0.05, 0) is 6.92 Å². The van der Waals surface area contributed by atoms with Crippen LogP contribution in [-0.4, -0.2) is 17.4 Å². The van der Waals surface area contributed by atoms with Gasteiger partial charge in [-0.1, -0.05) is 11.3 Å². The van der Waals surface area contributed by atoms with Crippen molar-refractivity contribution in [2.24, 2.45) is 0 Å². The number of hydrogen-bond acceptors (Lipinski definition) is 4. The summed E-state index contributed by atoms with van der Waals surface area (Å²) in [5, 5.41) is 14.3. The van der Waals surface area contributed by atoms with Gasteiger partial charge in [0.05, 0.1) is 10.5 Å². The Labute approximate surface area is 78.5 Å². The van der Waals surface area contributed by atoms with E-state index in [2.05, 4.69) is 5.32 Å². The zero-order valence-electron chi connectivity index (χ0n) is 6.94. The Morgan fingerprint density at radius 1 is 1.77 bits per heavy atom. The Morgan fingerprint density at radius 2 is 2.46 bits per heavy atom. The lowest BCUT2D eigenvalue weighted by Gasteiger charge is -1.95. The molecule has 1 amide bonds. The number of rotatable bonds is 3. The summed E-state index contributed by atoms with van der Waals surface area (Å²) in [6.45, 7) is 2.31. The highest BCUT2D eigenvalue weighted by Gasteiger charge is 2.13. The quantitative estimate of drug-likeness (QED) is 0.592. The first-order chi connectivity index (χ1) is 6.15. The zero-order chi connectivity index (χ0) is 9.84. The number of thiophene rings is 1. The molecule has 0 aliphatic heterocycles. The van der Waals surface area contributed by atoms with Gasteiger partial charge in [-0.2, -0.15) is 0 Å². The molecular weight excluding hydrogens is 192 g/mol. The maximum atomic E-state index is 11.2. The van der Waals surface area contributed by atoms with Gasteiger partial charge in [0, 0.05) is 18.0 Å². The molecule has 0 aliphatic rings. The van der Waals surface area contributed by atoms with Crippen LogP contribution < -0.4 is 5.32 Å². The molecule has 0 saturated carbocycles. The number of carbonyl (C=O) groups excluding carboxylic acids is 1. The van der Waals surface area contributed by atoms with E-state index >= 15 is 0 Å². The molecule has 0 radical (unpaired) electrons. The second-order valence-corrected chi connectivity index (χ2v) is 3.18. The minimum atomic E-state index is -0.507. The molecular formula is C7H8N2O3S. The summed E-state index contributed by atoms with van der Waals surface area (Å²) < 4.78 is 0. The van der Waals surface area contributed by atoms with Crippen molar-refractivity contribution in [3.8, 4) is 0 Å². The summed E-state index contributed by atoms with van der Waals surface area (Å²) >= 11 is 0.952. The lowest BCUT2D eigenvalue weighted by atomic mass is 10.3. The van der Waals surface area contributed by atoms with Gasteiger partial charge in [0.1, 0.15) is 0 Å². The van der Waals surface area contributed by atoms with Gasteiger partial charge in [0.15, 0.2) is 0 Å². The van der Waals surface area contributed by atoms with E-state index in [0.29, 0.717) is 12.1 Å². The fraction of sp³-hybridized carbons (Fsp3) is 0.286. The lowest BCUT2D eigenvalue weighted by Crippen LogP contribution is -2.21. The molecule has 0 unspecified atom stereocenters. The molecule has 1 aromatic heterocycles. The largest absolute Gasteiger partial charge is 0.352 e. The van der Waals surface area contributed by atoms with Crippen molar-refractivity contribution in [1.29, 1.82) is 0 Å². The van der Waals surface area contributed by atoms with Crippen molar-refractivity contribution < 1.29 is 9.72 Å². The fourth-order valence-electron chi connectivity index (χ4n) is 0.802. The van der Waals surface area contributed by atoms with Crippen LogP contribution in [0.3, 0.4) is 0 Å². The van der Waals surface area contributed by atoms with E-state index in [4.69, 9.17) is 0 Å². The summed E-state index contributed by atoms with van der Waals surface area (Å²) in [7, 11) is 0. The van der Waals surface area contributed by atoms with Gasteiger partial charge >= 0.3 is 5.00 Å². The molecule has 0 aromatic carbocycles. The van der Waals surface area contributed by atoms with E-state index in [1.54, 1.807) is 6.92 Å². The van der Waals surface area contributed by atoms with Crippen LogP contribution in [0.25, 0.3) is 0 Å². The Kier molecular flexibility index (Phi) is 2.97.